The molecule has 1 aromatic heterocycles. The van der Waals surface area contributed by atoms with Gasteiger partial charge in [0.05, 0.1) is 16.7 Å². The van der Waals surface area contributed by atoms with Crippen LogP contribution in [0.4, 0.5) is 26.3 Å². The normalized spacial score (nSPS) is 12.0. The maximum atomic E-state index is 12.9. The number of hydrogen-bond acceptors (Lipinski definition) is 4. The summed E-state index contributed by atoms with van der Waals surface area (Å²) in [6, 6.07) is 1.03. The molecule has 1 N–H and O–H groups in total. The van der Waals surface area contributed by atoms with Crippen molar-refractivity contribution in [2.24, 2.45) is 0 Å². The van der Waals surface area contributed by atoms with Gasteiger partial charge in [0.25, 0.3) is 21.0 Å². The van der Waals surface area contributed by atoms with Gasteiger partial charge in [0.1, 0.15) is 0 Å². The largest absolute Gasteiger partial charge is 0.416 e. The zero-order valence-corrected chi connectivity index (χ0v) is 14.7. The topological polar surface area (TPSA) is 83.1 Å². The van der Waals surface area contributed by atoms with Crippen molar-refractivity contribution in [1.82, 2.24) is 14.9 Å². The number of halogens is 6. The number of aromatic amines is 1. The Bertz CT molecular complexity index is 1010. The summed E-state index contributed by atoms with van der Waals surface area (Å²) in [5.41, 5.74) is -3.50. The van der Waals surface area contributed by atoms with E-state index < -0.39 is 51.0 Å². The molecule has 0 fully saturated rings. The zero-order valence-electron chi connectivity index (χ0n) is 13.9. The number of nitrogens with one attached hydrogen (secondary N) is 1. The first-order chi connectivity index (χ1) is 12.8. The van der Waals surface area contributed by atoms with E-state index in [-0.39, 0.29) is 17.2 Å². The standard InChI is InChI=1S/C15H11F6N3O3S/c1-24(12(25)9-5-22-13(23-6-9)28(26)27)7-8-2-10(14(16,17)18)4-11(3-8)15(19,20)21/h2-6,22H,7H2,1H3. The molecular formula is C15H11F6N3O3S. The van der Waals surface area contributed by atoms with Gasteiger partial charge in [-0.3, -0.25) is 4.79 Å². The molecule has 13 heteroatoms. The second-order valence-electron chi connectivity index (χ2n) is 5.62. The SMILES string of the molecule is CN(Cc1cc(C(F)(F)F)cc(C(F)(F)F)c1)C(=O)c1cnc(=S(=O)=O)[nH]c1. The number of amides is 1. The first-order valence-corrected chi connectivity index (χ1v) is 8.37. The first-order valence-electron chi connectivity index (χ1n) is 7.30. The van der Waals surface area contributed by atoms with Gasteiger partial charge >= 0.3 is 12.4 Å². The van der Waals surface area contributed by atoms with Gasteiger partial charge in [-0.05, 0) is 23.8 Å². The van der Waals surface area contributed by atoms with Crippen LogP contribution in [0.15, 0.2) is 30.6 Å². The van der Waals surface area contributed by atoms with Crippen LogP contribution in [0.5, 0.6) is 0 Å². The summed E-state index contributed by atoms with van der Waals surface area (Å²) in [4.78, 5) is 18.8. The summed E-state index contributed by atoms with van der Waals surface area (Å²) in [5.74, 6) is -0.794. The molecular weight excluding hydrogens is 416 g/mol. The van der Waals surface area contributed by atoms with Gasteiger partial charge in [-0.25, -0.2) is 4.98 Å². The Morgan fingerprint density at radius 1 is 1.07 bits per heavy atom. The van der Waals surface area contributed by atoms with Gasteiger partial charge in [-0.2, -0.15) is 34.8 Å². The number of aromatic nitrogens is 2. The number of hydrogen-bond donors (Lipinski definition) is 1. The highest BCUT2D eigenvalue weighted by Crippen LogP contribution is 2.36. The molecule has 1 aromatic carbocycles. The van der Waals surface area contributed by atoms with E-state index >= 15 is 0 Å². The third-order valence-corrected chi connectivity index (χ3v) is 4.03. The molecule has 0 spiro atoms. The summed E-state index contributed by atoms with van der Waals surface area (Å²) < 4.78 is 98.3. The number of carbonyl (C=O) groups is 1. The molecule has 152 valence electrons. The van der Waals surface area contributed by atoms with Crippen molar-refractivity contribution in [2.45, 2.75) is 18.9 Å². The lowest BCUT2D eigenvalue weighted by Gasteiger charge is -2.19. The molecule has 2 rings (SSSR count). The molecule has 28 heavy (non-hydrogen) atoms. The van der Waals surface area contributed by atoms with Crippen molar-refractivity contribution < 1.29 is 39.6 Å². The van der Waals surface area contributed by atoms with Crippen LogP contribution in [0.2, 0.25) is 0 Å². The molecule has 1 heterocycles. The molecule has 0 aliphatic heterocycles. The van der Waals surface area contributed by atoms with E-state index in [1.807, 2.05) is 0 Å². The van der Waals surface area contributed by atoms with E-state index in [1.54, 1.807) is 0 Å². The van der Waals surface area contributed by atoms with Crippen LogP contribution in [0.3, 0.4) is 0 Å². The van der Waals surface area contributed by atoms with Crippen LogP contribution < -0.4 is 0 Å². The molecule has 0 unspecified atom stereocenters. The molecule has 0 atom stereocenters. The second-order valence-corrected chi connectivity index (χ2v) is 6.47. The highest BCUT2D eigenvalue weighted by atomic mass is 32.2. The molecule has 0 radical (unpaired) electrons. The molecule has 0 saturated heterocycles. The zero-order chi connectivity index (χ0) is 21.3. The summed E-state index contributed by atoms with van der Waals surface area (Å²) in [7, 11) is -1.51. The Kier molecular flexibility index (Phi) is 5.87. The molecule has 0 aliphatic rings. The van der Waals surface area contributed by atoms with Crippen molar-refractivity contribution in [3.8, 4) is 0 Å². The van der Waals surface area contributed by atoms with E-state index in [4.69, 9.17) is 0 Å². The van der Waals surface area contributed by atoms with E-state index in [9.17, 15) is 39.6 Å². The predicted octanol–water partition coefficient (Wildman–Crippen LogP) is 3.13. The van der Waals surface area contributed by atoms with Crippen molar-refractivity contribution >= 4 is 16.2 Å². The summed E-state index contributed by atoms with van der Waals surface area (Å²) in [6.07, 6.45) is -8.08. The average molecular weight is 427 g/mol. The lowest BCUT2D eigenvalue weighted by Crippen LogP contribution is -2.27. The Balaban J connectivity index is 2.35. The van der Waals surface area contributed by atoms with Crippen molar-refractivity contribution in [1.29, 1.82) is 0 Å². The van der Waals surface area contributed by atoms with Gasteiger partial charge < -0.3 is 9.88 Å². The first kappa shape index (κ1) is 21.5. The Morgan fingerprint density at radius 2 is 1.61 bits per heavy atom. The quantitative estimate of drug-likeness (QED) is 0.603. The number of rotatable bonds is 3. The fraction of sp³-hybridized carbons (Fsp3) is 0.267. The van der Waals surface area contributed by atoms with Gasteiger partial charge in [0.15, 0.2) is 0 Å². The van der Waals surface area contributed by atoms with Gasteiger partial charge in [0, 0.05) is 26.0 Å². The monoisotopic (exact) mass is 427 g/mol. The Labute approximate surface area is 155 Å². The summed E-state index contributed by atoms with van der Waals surface area (Å²) in [6.45, 7) is -0.554. The highest BCUT2D eigenvalue weighted by molar-refractivity contribution is 7.63. The third kappa shape index (κ3) is 5.12. The molecule has 0 bridgehead atoms. The number of benzene rings is 1. The molecule has 0 aliphatic carbocycles. The molecule has 6 nitrogen and oxygen atoms in total. The molecule has 1 amide bonds. The third-order valence-electron chi connectivity index (χ3n) is 3.49. The van der Waals surface area contributed by atoms with E-state index in [0.717, 1.165) is 24.3 Å². The average Bonchev–Trinajstić information content (AvgIpc) is 2.59. The fourth-order valence-electron chi connectivity index (χ4n) is 2.23. The van der Waals surface area contributed by atoms with Crippen molar-refractivity contribution in [2.75, 3.05) is 7.05 Å². The maximum Gasteiger partial charge on any atom is 0.416 e. The van der Waals surface area contributed by atoms with Crippen LogP contribution in [0.25, 0.3) is 0 Å². The highest BCUT2D eigenvalue weighted by Gasteiger charge is 2.37. The summed E-state index contributed by atoms with van der Waals surface area (Å²) >= 11 is 0. The Hall–Kier alpha value is -2.83. The molecule has 2 aromatic rings. The smallest absolute Gasteiger partial charge is 0.337 e. The maximum absolute atomic E-state index is 12.9. The Morgan fingerprint density at radius 3 is 2.00 bits per heavy atom. The fourth-order valence-corrected chi connectivity index (χ4v) is 2.52. The number of H-pyrrole nitrogens is 1. The molecule has 0 saturated carbocycles. The van der Waals surface area contributed by atoms with Crippen LogP contribution in [-0.2, 0) is 29.2 Å². The summed E-state index contributed by atoms with van der Waals surface area (Å²) in [5, 5.41) is 0. The van der Waals surface area contributed by atoms with E-state index in [2.05, 4.69) is 9.97 Å². The van der Waals surface area contributed by atoms with Crippen LogP contribution in [-0.4, -0.2) is 36.2 Å². The second kappa shape index (κ2) is 7.66. The minimum absolute atomic E-state index is 0.00796. The number of carbonyl (C=O) groups excluding carboxylic acids is 1. The van der Waals surface area contributed by atoms with Crippen LogP contribution >= 0.6 is 0 Å². The lowest BCUT2D eigenvalue weighted by molar-refractivity contribution is -0.143. The van der Waals surface area contributed by atoms with E-state index in [0.29, 0.717) is 12.1 Å². The minimum Gasteiger partial charge on any atom is -0.337 e. The van der Waals surface area contributed by atoms with E-state index in [1.165, 1.54) is 0 Å². The van der Waals surface area contributed by atoms with Gasteiger partial charge in [0.2, 0.25) is 0 Å². The van der Waals surface area contributed by atoms with Gasteiger partial charge in [-0.1, -0.05) is 0 Å². The lowest BCUT2D eigenvalue weighted by atomic mass is 10.0. The van der Waals surface area contributed by atoms with Gasteiger partial charge in [-0.15, -0.1) is 0 Å². The van der Waals surface area contributed by atoms with Crippen LogP contribution in [0, 0.1) is 4.77 Å². The minimum atomic E-state index is -5.00. The van der Waals surface area contributed by atoms with Crippen molar-refractivity contribution in [3.63, 3.8) is 0 Å². The predicted molar refractivity (Wildman–Crippen MR) is 83.0 cm³/mol. The van der Waals surface area contributed by atoms with Crippen molar-refractivity contribution in [3.05, 3.63) is 57.6 Å². The number of nitrogens with zero attached hydrogens (tertiary/aromatic N) is 2. The number of alkyl halides is 6. The van der Waals surface area contributed by atoms with Crippen LogP contribution in [0.1, 0.15) is 27.0 Å².